The number of hydrogen-bond donors (Lipinski definition) is 2. The summed E-state index contributed by atoms with van der Waals surface area (Å²) in [5, 5.41) is 10.1. The number of aromatic hydroxyl groups is 1. The van der Waals surface area contributed by atoms with Gasteiger partial charge in [-0.25, -0.2) is 0 Å². The second-order valence-electron chi connectivity index (χ2n) is 5.94. The quantitative estimate of drug-likeness (QED) is 0.855. The first-order chi connectivity index (χ1) is 9.76. The molecule has 3 atom stereocenters. The number of fused-ring (bicyclic) bond motifs is 2. The van der Waals surface area contributed by atoms with Crippen molar-refractivity contribution < 1.29 is 14.7 Å². The lowest BCUT2D eigenvalue weighted by molar-refractivity contribution is -0.298. The summed E-state index contributed by atoms with van der Waals surface area (Å²) >= 11 is 0. The van der Waals surface area contributed by atoms with Gasteiger partial charge in [-0.1, -0.05) is 18.2 Å². The maximum atomic E-state index is 10.1. The van der Waals surface area contributed by atoms with Crippen molar-refractivity contribution in [3.05, 3.63) is 29.8 Å². The third kappa shape index (κ3) is 1.52. The van der Waals surface area contributed by atoms with Crippen molar-refractivity contribution in [3.8, 4) is 5.75 Å². The first kappa shape index (κ1) is 12.6. The Bertz CT molecular complexity index is 516. The number of para-hydroxylation sites is 1. The number of piperidine rings is 3. The van der Waals surface area contributed by atoms with E-state index in [-0.39, 0.29) is 12.1 Å². The minimum atomic E-state index is -0.580. The molecule has 2 bridgehead atoms. The highest BCUT2D eigenvalue weighted by Crippen LogP contribution is 2.51. The first-order valence-electron chi connectivity index (χ1n) is 7.27. The topological polar surface area (TPSA) is 54.0 Å². The molecule has 4 saturated heterocycles. The van der Waals surface area contributed by atoms with Gasteiger partial charge in [0.25, 0.3) is 0 Å². The van der Waals surface area contributed by atoms with E-state index in [0.717, 1.165) is 31.5 Å². The van der Waals surface area contributed by atoms with E-state index in [9.17, 15) is 5.11 Å². The predicted octanol–water partition coefficient (Wildman–Crippen LogP) is 1.41. The number of rotatable bonds is 2. The Balaban J connectivity index is 1.76. The van der Waals surface area contributed by atoms with Crippen molar-refractivity contribution in [3.63, 3.8) is 0 Å². The summed E-state index contributed by atoms with van der Waals surface area (Å²) in [6, 6.07) is 7.52. The highest BCUT2D eigenvalue weighted by molar-refractivity contribution is 5.37. The second kappa shape index (κ2) is 4.43. The van der Waals surface area contributed by atoms with Crippen LogP contribution in [0.5, 0.6) is 5.75 Å². The minimum Gasteiger partial charge on any atom is -0.508 e. The number of hydroxylamine groups is 1. The molecule has 4 aliphatic heterocycles. The zero-order chi connectivity index (χ0) is 13.7. The summed E-state index contributed by atoms with van der Waals surface area (Å²) in [5.41, 5.74) is 4.00. The predicted molar refractivity (Wildman–Crippen MR) is 72.9 cm³/mol. The highest BCUT2D eigenvalue weighted by Gasteiger charge is 2.63. The van der Waals surface area contributed by atoms with E-state index in [1.54, 1.807) is 13.2 Å². The molecule has 0 radical (unpaired) electrons. The van der Waals surface area contributed by atoms with Gasteiger partial charge in [-0.15, -0.1) is 0 Å². The number of phenolic OH excluding ortho intramolecular Hbond substituents is 1. The molecule has 5 rings (SSSR count). The van der Waals surface area contributed by atoms with Crippen molar-refractivity contribution in [2.24, 2.45) is 5.92 Å². The molecule has 20 heavy (non-hydrogen) atoms. The average Bonchev–Trinajstić information content (AvgIpc) is 2.92. The summed E-state index contributed by atoms with van der Waals surface area (Å²) in [7, 11) is 1.73. The molecule has 1 aromatic carbocycles. The van der Waals surface area contributed by atoms with Gasteiger partial charge in [0.2, 0.25) is 5.79 Å². The Morgan fingerprint density at radius 1 is 1.35 bits per heavy atom. The number of nitrogens with one attached hydrogen (secondary N) is 1. The third-order valence-electron chi connectivity index (χ3n) is 5.16. The molecule has 4 heterocycles. The standard InChI is InChI=1S/C15H20N2O3/c1-19-15-10-6-8-17(9-7-10)14(15)13(16-20-15)11-4-2-3-5-12(11)18/h2-5,10,13-14,16,18H,6-9H2,1H3/t13-,14-,15+/m1/s1. The van der Waals surface area contributed by atoms with E-state index in [1.807, 2.05) is 18.2 Å². The Labute approximate surface area is 118 Å². The van der Waals surface area contributed by atoms with Crippen LogP contribution in [0.4, 0.5) is 0 Å². The van der Waals surface area contributed by atoms with Crippen LogP contribution in [0.15, 0.2) is 24.3 Å². The smallest absolute Gasteiger partial charge is 0.207 e. The van der Waals surface area contributed by atoms with Crippen LogP contribution in [-0.2, 0) is 9.57 Å². The normalized spacial score (nSPS) is 42.6. The molecule has 0 spiro atoms. The number of hydrogen-bond acceptors (Lipinski definition) is 5. The summed E-state index contributed by atoms with van der Waals surface area (Å²) < 4.78 is 5.82. The molecule has 4 aliphatic rings. The van der Waals surface area contributed by atoms with Crippen molar-refractivity contribution >= 4 is 0 Å². The van der Waals surface area contributed by atoms with Gasteiger partial charge in [0.1, 0.15) is 5.75 Å². The molecule has 1 aromatic rings. The van der Waals surface area contributed by atoms with Crippen LogP contribution in [-0.4, -0.2) is 42.0 Å². The average molecular weight is 276 g/mol. The lowest BCUT2D eigenvalue weighted by atomic mass is 9.74. The monoisotopic (exact) mass is 276 g/mol. The fourth-order valence-electron chi connectivity index (χ4n) is 4.20. The van der Waals surface area contributed by atoms with Crippen LogP contribution >= 0.6 is 0 Å². The van der Waals surface area contributed by atoms with Gasteiger partial charge >= 0.3 is 0 Å². The van der Waals surface area contributed by atoms with Gasteiger partial charge < -0.3 is 9.84 Å². The summed E-state index contributed by atoms with van der Waals surface area (Å²) in [5.74, 6) is 0.151. The Kier molecular flexibility index (Phi) is 2.79. The molecule has 4 fully saturated rings. The number of benzene rings is 1. The zero-order valence-corrected chi connectivity index (χ0v) is 11.6. The van der Waals surface area contributed by atoms with Gasteiger partial charge in [0.05, 0.1) is 12.1 Å². The molecular weight excluding hydrogens is 256 g/mol. The number of nitrogens with zero attached hydrogens (tertiary/aromatic N) is 1. The maximum Gasteiger partial charge on any atom is 0.207 e. The fourth-order valence-corrected chi connectivity index (χ4v) is 4.20. The molecule has 0 saturated carbocycles. The minimum absolute atomic E-state index is 0.0563. The van der Waals surface area contributed by atoms with E-state index in [2.05, 4.69) is 10.4 Å². The Morgan fingerprint density at radius 3 is 2.80 bits per heavy atom. The van der Waals surface area contributed by atoms with E-state index >= 15 is 0 Å². The number of methoxy groups -OCH3 is 1. The molecule has 2 N–H and O–H groups in total. The fraction of sp³-hybridized carbons (Fsp3) is 0.600. The van der Waals surface area contributed by atoms with Gasteiger partial charge in [0.15, 0.2) is 0 Å². The van der Waals surface area contributed by atoms with E-state index in [0.29, 0.717) is 11.7 Å². The van der Waals surface area contributed by atoms with Crippen LogP contribution in [0, 0.1) is 5.92 Å². The van der Waals surface area contributed by atoms with Crippen molar-refractivity contribution in [2.75, 3.05) is 20.2 Å². The van der Waals surface area contributed by atoms with Gasteiger partial charge in [0, 0.05) is 18.6 Å². The van der Waals surface area contributed by atoms with Crippen LogP contribution < -0.4 is 5.48 Å². The van der Waals surface area contributed by atoms with E-state index in [1.165, 1.54) is 0 Å². The molecule has 5 nitrogen and oxygen atoms in total. The zero-order valence-electron chi connectivity index (χ0n) is 11.6. The third-order valence-corrected chi connectivity index (χ3v) is 5.16. The summed E-state index contributed by atoms with van der Waals surface area (Å²) in [6.45, 7) is 2.16. The number of phenols is 1. The van der Waals surface area contributed by atoms with E-state index in [4.69, 9.17) is 9.57 Å². The molecule has 5 heteroatoms. The van der Waals surface area contributed by atoms with E-state index < -0.39 is 5.79 Å². The maximum absolute atomic E-state index is 10.1. The molecule has 0 aromatic heterocycles. The summed E-state index contributed by atoms with van der Waals surface area (Å²) in [6.07, 6.45) is 2.22. The first-order valence-corrected chi connectivity index (χ1v) is 7.27. The van der Waals surface area contributed by atoms with Crippen LogP contribution in [0.25, 0.3) is 0 Å². The molecule has 0 aliphatic carbocycles. The van der Waals surface area contributed by atoms with Crippen LogP contribution in [0.3, 0.4) is 0 Å². The van der Waals surface area contributed by atoms with Crippen LogP contribution in [0.2, 0.25) is 0 Å². The number of ether oxygens (including phenoxy) is 1. The van der Waals surface area contributed by atoms with Crippen LogP contribution in [0.1, 0.15) is 24.4 Å². The van der Waals surface area contributed by atoms with Gasteiger partial charge in [-0.2, -0.15) is 5.48 Å². The SMILES string of the molecule is CO[C@@]12ON[C@H](c3ccccc3O)[C@H]1N1CCC2CC1. The lowest BCUT2D eigenvalue weighted by Crippen LogP contribution is -2.65. The Hall–Kier alpha value is -1.14. The van der Waals surface area contributed by atoms with Gasteiger partial charge in [-0.3, -0.25) is 9.74 Å². The largest absolute Gasteiger partial charge is 0.508 e. The molecule has 0 amide bonds. The highest BCUT2D eigenvalue weighted by atomic mass is 16.8. The lowest BCUT2D eigenvalue weighted by Gasteiger charge is -2.53. The second-order valence-corrected chi connectivity index (χ2v) is 5.94. The van der Waals surface area contributed by atoms with Crippen molar-refractivity contribution in [1.82, 2.24) is 10.4 Å². The van der Waals surface area contributed by atoms with Gasteiger partial charge in [-0.05, 0) is 32.0 Å². The molecule has 0 unspecified atom stereocenters. The summed E-state index contributed by atoms with van der Waals surface area (Å²) in [4.78, 5) is 8.36. The Morgan fingerprint density at radius 2 is 2.10 bits per heavy atom. The molecular formula is C15H20N2O3. The molecule has 108 valence electrons. The van der Waals surface area contributed by atoms with Crippen molar-refractivity contribution in [1.29, 1.82) is 0 Å². The van der Waals surface area contributed by atoms with Crippen molar-refractivity contribution in [2.45, 2.75) is 30.7 Å².